The predicted octanol–water partition coefficient (Wildman–Crippen LogP) is 1.10. The summed E-state index contributed by atoms with van der Waals surface area (Å²) in [4.78, 5) is 33.7. The highest BCUT2D eigenvalue weighted by Crippen LogP contribution is 2.68. The molecule has 7 heteroatoms. The molecule has 2 heterocycles. The molecule has 0 aromatic carbocycles. The number of piperidine rings is 1. The van der Waals surface area contributed by atoms with Crippen LogP contribution in [-0.2, 0) is 16.0 Å². The summed E-state index contributed by atoms with van der Waals surface area (Å²) in [5, 5.41) is 18.9. The van der Waals surface area contributed by atoms with E-state index in [1.165, 1.54) is 0 Å². The Labute approximate surface area is 128 Å². The van der Waals surface area contributed by atoms with Gasteiger partial charge in [-0.15, -0.1) is 0 Å². The van der Waals surface area contributed by atoms with E-state index in [2.05, 4.69) is 9.97 Å². The van der Waals surface area contributed by atoms with Crippen LogP contribution >= 0.6 is 0 Å². The zero-order chi connectivity index (χ0) is 16.1. The van der Waals surface area contributed by atoms with E-state index in [-0.39, 0.29) is 19.5 Å². The van der Waals surface area contributed by atoms with Crippen molar-refractivity contribution in [1.29, 1.82) is 0 Å². The average Bonchev–Trinajstić information content (AvgIpc) is 2.98. The summed E-state index contributed by atoms with van der Waals surface area (Å²) < 4.78 is 0. The molecule has 3 rings (SSSR count). The minimum absolute atomic E-state index is 0.191. The number of anilines is 1. The Morgan fingerprint density at radius 1 is 1.23 bits per heavy atom. The van der Waals surface area contributed by atoms with Gasteiger partial charge in [-0.05, 0) is 19.8 Å². The third-order valence-electron chi connectivity index (χ3n) is 4.82. The molecule has 0 unspecified atom stereocenters. The van der Waals surface area contributed by atoms with Gasteiger partial charge in [0, 0.05) is 31.3 Å². The van der Waals surface area contributed by atoms with Gasteiger partial charge in [-0.3, -0.25) is 9.59 Å². The van der Waals surface area contributed by atoms with Gasteiger partial charge in [0.2, 0.25) is 0 Å². The number of aliphatic carboxylic acids is 2. The van der Waals surface area contributed by atoms with E-state index in [4.69, 9.17) is 0 Å². The number of aromatic nitrogens is 2. The van der Waals surface area contributed by atoms with Crippen LogP contribution in [-0.4, -0.2) is 45.2 Å². The average molecular weight is 305 g/mol. The Morgan fingerprint density at radius 2 is 1.82 bits per heavy atom. The SMILES string of the molecule is CCCc1nc(C)cc(N2C[C@@]3(C(=O)O)C[C@@]3(C(=O)O)C2)n1. The molecule has 7 nitrogen and oxygen atoms in total. The molecule has 0 amide bonds. The molecule has 2 atom stereocenters. The lowest BCUT2D eigenvalue weighted by molar-refractivity contribution is -0.151. The van der Waals surface area contributed by atoms with Gasteiger partial charge in [-0.25, -0.2) is 9.97 Å². The van der Waals surface area contributed by atoms with Gasteiger partial charge < -0.3 is 15.1 Å². The van der Waals surface area contributed by atoms with Crippen molar-refractivity contribution < 1.29 is 19.8 Å². The molecule has 1 saturated heterocycles. The molecule has 0 radical (unpaired) electrons. The van der Waals surface area contributed by atoms with Crippen molar-refractivity contribution in [2.45, 2.75) is 33.1 Å². The van der Waals surface area contributed by atoms with E-state index in [9.17, 15) is 19.8 Å². The summed E-state index contributed by atoms with van der Waals surface area (Å²) in [6.07, 6.45) is 1.87. The first-order chi connectivity index (χ1) is 10.3. The second kappa shape index (κ2) is 4.66. The molecule has 1 aliphatic carbocycles. The second-order valence-corrected chi connectivity index (χ2v) is 6.34. The van der Waals surface area contributed by atoms with Crippen LogP contribution in [0.5, 0.6) is 0 Å². The molecule has 1 aromatic heterocycles. The summed E-state index contributed by atoms with van der Waals surface area (Å²) in [7, 11) is 0. The third-order valence-corrected chi connectivity index (χ3v) is 4.82. The topological polar surface area (TPSA) is 104 Å². The summed E-state index contributed by atoms with van der Waals surface area (Å²) in [5.74, 6) is -0.717. The Kier molecular flexibility index (Phi) is 3.12. The highest BCUT2D eigenvalue weighted by molar-refractivity contribution is 5.95. The number of hydrogen-bond donors (Lipinski definition) is 2. The maximum absolute atomic E-state index is 11.6. The Morgan fingerprint density at radius 3 is 2.32 bits per heavy atom. The van der Waals surface area contributed by atoms with Gasteiger partial charge in [0.1, 0.15) is 22.5 Å². The van der Waals surface area contributed by atoms with E-state index in [1.807, 2.05) is 13.8 Å². The van der Waals surface area contributed by atoms with Crippen LogP contribution in [0.25, 0.3) is 0 Å². The second-order valence-electron chi connectivity index (χ2n) is 6.34. The smallest absolute Gasteiger partial charge is 0.312 e. The fourth-order valence-corrected chi connectivity index (χ4v) is 3.56. The van der Waals surface area contributed by atoms with Gasteiger partial charge in [-0.1, -0.05) is 6.92 Å². The zero-order valence-corrected chi connectivity index (χ0v) is 12.7. The number of fused-ring (bicyclic) bond motifs is 1. The first kappa shape index (κ1) is 14.7. The maximum atomic E-state index is 11.6. The minimum Gasteiger partial charge on any atom is -0.481 e. The lowest BCUT2D eigenvalue weighted by Gasteiger charge is -2.21. The van der Waals surface area contributed by atoms with E-state index < -0.39 is 22.8 Å². The fraction of sp³-hybridized carbons (Fsp3) is 0.600. The highest BCUT2D eigenvalue weighted by atomic mass is 16.4. The van der Waals surface area contributed by atoms with Crippen LogP contribution in [0.15, 0.2) is 6.07 Å². The van der Waals surface area contributed by atoms with Crippen LogP contribution in [0.3, 0.4) is 0 Å². The lowest BCUT2D eigenvalue weighted by atomic mass is 9.97. The van der Waals surface area contributed by atoms with Crippen molar-refractivity contribution in [3.05, 3.63) is 17.6 Å². The van der Waals surface area contributed by atoms with Crippen molar-refractivity contribution in [2.75, 3.05) is 18.0 Å². The highest BCUT2D eigenvalue weighted by Gasteiger charge is 2.81. The van der Waals surface area contributed by atoms with Gasteiger partial charge >= 0.3 is 11.9 Å². The molecule has 22 heavy (non-hydrogen) atoms. The molecule has 1 aromatic rings. The minimum atomic E-state index is -1.18. The summed E-state index contributed by atoms with van der Waals surface area (Å²) in [6, 6.07) is 1.79. The Hall–Kier alpha value is -2.18. The summed E-state index contributed by atoms with van der Waals surface area (Å²) in [5.41, 5.74) is -1.55. The van der Waals surface area contributed by atoms with Crippen LogP contribution in [0.4, 0.5) is 5.82 Å². The number of rotatable bonds is 5. The predicted molar refractivity (Wildman–Crippen MR) is 77.7 cm³/mol. The molecular formula is C15H19N3O4. The molecular weight excluding hydrogens is 286 g/mol. The van der Waals surface area contributed by atoms with Crippen LogP contribution < -0.4 is 4.90 Å². The number of carboxylic acids is 2. The largest absolute Gasteiger partial charge is 0.481 e. The fourth-order valence-electron chi connectivity index (χ4n) is 3.56. The molecule has 1 aliphatic heterocycles. The first-order valence-electron chi connectivity index (χ1n) is 7.41. The molecule has 2 N–H and O–H groups in total. The number of carbonyl (C=O) groups is 2. The Balaban J connectivity index is 1.93. The van der Waals surface area contributed by atoms with Gasteiger partial charge in [0.25, 0.3) is 0 Å². The van der Waals surface area contributed by atoms with E-state index >= 15 is 0 Å². The monoisotopic (exact) mass is 305 g/mol. The Bertz CT molecular complexity index is 634. The summed E-state index contributed by atoms with van der Waals surface area (Å²) >= 11 is 0. The van der Waals surface area contributed by atoms with Crippen LogP contribution in [0, 0.1) is 17.8 Å². The van der Waals surface area contributed by atoms with Crippen LogP contribution in [0.1, 0.15) is 31.3 Å². The van der Waals surface area contributed by atoms with Gasteiger partial charge in [-0.2, -0.15) is 0 Å². The van der Waals surface area contributed by atoms with E-state index in [0.717, 1.165) is 18.5 Å². The maximum Gasteiger partial charge on any atom is 0.312 e. The van der Waals surface area contributed by atoms with Crippen molar-refractivity contribution in [2.24, 2.45) is 10.8 Å². The molecule has 2 fully saturated rings. The zero-order valence-electron chi connectivity index (χ0n) is 12.7. The lowest BCUT2D eigenvalue weighted by Crippen LogP contribution is -2.29. The molecule has 0 spiro atoms. The third kappa shape index (κ3) is 1.88. The molecule has 2 aliphatic rings. The van der Waals surface area contributed by atoms with Gasteiger partial charge in [0.15, 0.2) is 0 Å². The number of carboxylic acid groups (broad SMARTS) is 2. The number of aryl methyl sites for hydroxylation is 2. The van der Waals surface area contributed by atoms with Crippen molar-refractivity contribution in [3.63, 3.8) is 0 Å². The van der Waals surface area contributed by atoms with Crippen LogP contribution in [0.2, 0.25) is 0 Å². The van der Waals surface area contributed by atoms with E-state index in [1.54, 1.807) is 11.0 Å². The van der Waals surface area contributed by atoms with Crippen molar-refractivity contribution in [1.82, 2.24) is 9.97 Å². The molecule has 1 saturated carbocycles. The number of nitrogens with zero attached hydrogens (tertiary/aromatic N) is 3. The van der Waals surface area contributed by atoms with Crippen molar-refractivity contribution >= 4 is 17.8 Å². The first-order valence-corrected chi connectivity index (χ1v) is 7.41. The number of hydrogen-bond acceptors (Lipinski definition) is 5. The van der Waals surface area contributed by atoms with Crippen molar-refractivity contribution in [3.8, 4) is 0 Å². The summed E-state index contributed by atoms with van der Waals surface area (Å²) in [6.45, 7) is 4.28. The quantitative estimate of drug-likeness (QED) is 0.839. The van der Waals surface area contributed by atoms with E-state index in [0.29, 0.717) is 11.6 Å². The molecule has 0 bridgehead atoms. The van der Waals surface area contributed by atoms with Gasteiger partial charge in [0.05, 0.1) is 0 Å². The molecule has 118 valence electrons. The standard InChI is InChI=1S/C15H19N3O4/c1-3-4-10-16-9(2)5-11(17-10)18-7-14(12(19)20)6-15(14,8-18)13(21)22/h5H,3-4,6-8H2,1-2H3,(H,19,20)(H,21,22)/t14-,15+. The normalized spacial score (nSPS) is 29.3.